The number of halogens is 1. The predicted molar refractivity (Wildman–Crippen MR) is 72.0 cm³/mol. The number of amides is 1. The number of rotatable bonds is 3. The number of anilines is 1. The van der Waals surface area contributed by atoms with Crippen molar-refractivity contribution < 1.29 is 9.53 Å². The number of hydrogen-bond acceptors (Lipinski definition) is 4. The van der Waals surface area contributed by atoms with Crippen LogP contribution in [0.2, 0.25) is 5.02 Å². The Hall–Kier alpha value is -1.33. The molecule has 3 rings (SSSR count). The average Bonchev–Trinajstić information content (AvgIpc) is 3.13. The number of nitrogens with one attached hydrogen (secondary N) is 1. The molecule has 2 fully saturated rings. The highest BCUT2D eigenvalue weighted by molar-refractivity contribution is 6.33. The lowest BCUT2D eigenvalue weighted by Gasteiger charge is -2.19. The van der Waals surface area contributed by atoms with Crippen LogP contribution in [-0.4, -0.2) is 29.6 Å². The van der Waals surface area contributed by atoms with Gasteiger partial charge in [0.2, 0.25) is 0 Å². The van der Waals surface area contributed by atoms with Crippen molar-refractivity contribution >= 4 is 23.3 Å². The van der Waals surface area contributed by atoms with E-state index in [9.17, 15) is 4.79 Å². The highest BCUT2D eigenvalue weighted by atomic mass is 35.5. The summed E-state index contributed by atoms with van der Waals surface area (Å²) in [6.45, 7) is 0.699. The second-order valence-corrected chi connectivity index (χ2v) is 5.52. The molecule has 1 aromatic heterocycles. The van der Waals surface area contributed by atoms with Gasteiger partial charge >= 0.3 is 0 Å². The summed E-state index contributed by atoms with van der Waals surface area (Å²) in [7, 11) is 0. The largest absolute Gasteiger partial charge is 0.384 e. The third-order valence-corrected chi connectivity index (χ3v) is 3.93. The summed E-state index contributed by atoms with van der Waals surface area (Å²) >= 11 is 5.98. The van der Waals surface area contributed by atoms with Crippen molar-refractivity contribution in [3.8, 4) is 0 Å². The van der Waals surface area contributed by atoms with Crippen LogP contribution >= 0.6 is 11.6 Å². The van der Waals surface area contributed by atoms with Gasteiger partial charge in [-0.3, -0.25) is 4.79 Å². The number of carbonyl (C=O) groups excluding carboxylic acids is 1. The van der Waals surface area contributed by atoms with Gasteiger partial charge in [0, 0.05) is 6.61 Å². The second kappa shape index (κ2) is 4.98. The molecule has 1 saturated carbocycles. The first-order chi connectivity index (χ1) is 9.15. The van der Waals surface area contributed by atoms with Crippen molar-refractivity contribution in [1.82, 2.24) is 10.3 Å². The molecule has 6 heteroatoms. The zero-order valence-corrected chi connectivity index (χ0v) is 11.2. The van der Waals surface area contributed by atoms with E-state index in [0.717, 1.165) is 6.42 Å². The monoisotopic (exact) mass is 281 g/mol. The van der Waals surface area contributed by atoms with Crippen LogP contribution in [0.5, 0.6) is 0 Å². The standard InChI is InChI=1S/C13H16ClN3O2/c14-8-3-4-10(15)17-11(8)13(18)16-9-5-6-19-12(9)7-1-2-7/h3-4,7,9,12H,1-2,5-6H2,(H2,15,17)(H,16,18). The van der Waals surface area contributed by atoms with Crippen LogP contribution in [0.4, 0.5) is 5.82 Å². The third-order valence-electron chi connectivity index (χ3n) is 3.62. The number of nitrogens with two attached hydrogens (primary N) is 1. The van der Waals surface area contributed by atoms with Gasteiger partial charge in [0.25, 0.3) is 5.91 Å². The minimum Gasteiger partial charge on any atom is -0.384 e. The van der Waals surface area contributed by atoms with E-state index in [1.165, 1.54) is 12.8 Å². The van der Waals surface area contributed by atoms with Gasteiger partial charge in [-0.15, -0.1) is 0 Å². The van der Waals surface area contributed by atoms with Crippen molar-refractivity contribution in [2.75, 3.05) is 12.3 Å². The van der Waals surface area contributed by atoms with E-state index in [-0.39, 0.29) is 29.6 Å². The van der Waals surface area contributed by atoms with E-state index in [1.807, 2.05) is 0 Å². The molecule has 0 aromatic carbocycles. The molecule has 2 atom stereocenters. The Morgan fingerprint density at radius 1 is 1.42 bits per heavy atom. The molecule has 19 heavy (non-hydrogen) atoms. The summed E-state index contributed by atoms with van der Waals surface area (Å²) in [6.07, 6.45) is 3.36. The molecule has 0 spiro atoms. The Kier molecular flexibility index (Phi) is 3.33. The fourth-order valence-electron chi connectivity index (χ4n) is 2.51. The Morgan fingerprint density at radius 3 is 2.95 bits per heavy atom. The molecule has 1 aliphatic carbocycles. The Labute approximate surface area is 116 Å². The van der Waals surface area contributed by atoms with Crippen molar-refractivity contribution in [2.24, 2.45) is 5.92 Å². The summed E-state index contributed by atoms with van der Waals surface area (Å²) in [5, 5.41) is 3.28. The van der Waals surface area contributed by atoms with Crippen molar-refractivity contribution in [3.05, 3.63) is 22.8 Å². The number of nitrogens with zero attached hydrogens (tertiary/aromatic N) is 1. The second-order valence-electron chi connectivity index (χ2n) is 5.11. The van der Waals surface area contributed by atoms with E-state index < -0.39 is 0 Å². The maximum atomic E-state index is 12.2. The number of carbonyl (C=O) groups is 1. The van der Waals surface area contributed by atoms with Crippen LogP contribution in [0.3, 0.4) is 0 Å². The number of aromatic nitrogens is 1. The summed E-state index contributed by atoms with van der Waals surface area (Å²) in [5.74, 6) is 0.603. The predicted octanol–water partition coefficient (Wildman–Crippen LogP) is 1.61. The first-order valence-corrected chi connectivity index (χ1v) is 6.87. The normalized spacial score (nSPS) is 26.4. The smallest absolute Gasteiger partial charge is 0.271 e. The topological polar surface area (TPSA) is 77.2 Å². The number of hydrogen-bond donors (Lipinski definition) is 2. The minimum atomic E-state index is -0.279. The Balaban J connectivity index is 1.72. The van der Waals surface area contributed by atoms with Crippen LogP contribution in [0.15, 0.2) is 12.1 Å². The van der Waals surface area contributed by atoms with Crippen LogP contribution in [-0.2, 0) is 4.74 Å². The zero-order valence-electron chi connectivity index (χ0n) is 10.4. The summed E-state index contributed by atoms with van der Waals surface area (Å²) in [4.78, 5) is 16.2. The molecule has 1 aliphatic heterocycles. The molecule has 1 aromatic rings. The summed E-state index contributed by atoms with van der Waals surface area (Å²) < 4.78 is 5.69. The molecule has 0 bridgehead atoms. The van der Waals surface area contributed by atoms with Gasteiger partial charge in [-0.05, 0) is 37.3 Å². The quantitative estimate of drug-likeness (QED) is 0.882. The van der Waals surface area contributed by atoms with E-state index in [2.05, 4.69) is 10.3 Å². The maximum Gasteiger partial charge on any atom is 0.271 e. The molecular weight excluding hydrogens is 266 g/mol. The molecular formula is C13H16ClN3O2. The maximum absolute atomic E-state index is 12.2. The molecule has 2 aliphatic rings. The number of ether oxygens (including phenoxy) is 1. The third kappa shape index (κ3) is 2.67. The van der Waals surface area contributed by atoms with Crippen LogP contribution < -0.4 is 11.1 Å². The van der Waals surface area contributed by atoms with Gasteiger partial charge in [0.15, 0.2) is 0 Å². The van der Waals surface area contributed by atoms with E-state index in [4.69, 9.17) is 22.1 Å². The molecule has 102 valence electrons. The highest BCUT2D eigenvalue weighted by Crippen LogP contribution is 2.38. The lowest BCUT2D eigenvalue weighted by Crippen LogP contribution is -2.41. The fourth-order valence-corrected chi connectivity index (χ4v) is 2.70. The fraction of sp³-hybridized carbons (Fsp3) is 0.538. The van der Waals surface area contributed by atoms with Crippen molar-refractivity contribution in [1.29, 1.82) is 0 Å². The first-order valence-electron chi connectivity index (χ1n) is 6.49. The average molecular weight is 282 g/mol. The van der Waals surface area contributed by atoms with E-state index in [1.54, 1.807) is 12.1 Å². The molecule has 1 amide bonds. The summed E-state index contributed by atoms with van der Waals surface area (Å²) in [6, 6.07) is 3.21. The molecule has 2 heterocycles. The lowest BCUT2D eigenvalue weighted by molar-refractivity contribution is 0.0727. The van der Waals surface area contributed by atoms with Crippen molar-refractivity contribution in [3.63, 3.8) is 0 Å². The van der Waals surface area contributed by atoms with Gasteiger partial charge in [-0.2, -0.15) is 0 Å². The molecule has 1 saturated heterocycles. The lowest BCUT2D eigenvalue weighted by atomic mass is 10.1. The molecule has 2 unspecified atom stereocenters. The minimum absolute atomic E-state index is 0.0549. The van der Waals surface area contributed by atoms with Crippen LogP contribution in [0.25, 0.3) is 0 Å². The van der Waals surface area contributed by atoms with E-state index >= 15 is 0 Å². The van der Waals surface area contributed by atoms with Crippen molar-refractivity contribution in [2.45, 2.75) is 31.4 Å². The zero-order chi connectivity index (χ0) is 13.4. The van der Waals surface area contributed by atoms with Gasteiger partial charge in [-0.1, -0.05) is 11.6 Å². The molecule has 5 nitrogen and oxygen atoms in total. The summed E-state index contributed by atoms with van der Waals surface area (Å²) in [5.41, 5.74) is 5.77. The number of pyridine rings is 1. The Morgan fingerprint density at radius 2 is 2.21 bits per heavy atom. The van der Waals surface area contributed by atoms with Gasteiger partial charge in [-0.25, -0.2) is 4.98 Å². The van der Waals surface area contributed by atoms with Gasteiger partial charge in [0.1, 0.15) is 11.5 Å². The molecule has 3 N–H and O–H groups in total. The van der Waals surface area contributed by atoms with Crippen LogP contribution in [0.1, 0.15) is 29.8 Å². The Bertz CT molecular complexity index is 505. The van der Waals surface area contributed by atoms with Gasteiger partial charge < -0.3 is 15.8 Å². The van der Waals surface area contributed by atoms with Gasteiger partial charge in [0.05, 0.1) is 17.2 Å². The molecule has 0 radical (unpaired) electrons. The van der Waals surface area contributed by atoms with Crippen LogP contribution in [0, 0.1) is 5.92 Å². The SMILES string of the molecule is Nc1ccc(Cl)c(C(=O)NC2CCOC2C2CC2)n1. The first kappa shape index (κ1) is 12.7. The van der Waals surface area contributed by atoms with E-state index in [0.29, 0.717) is 17.5 Å². The number of nitrogen functional groups attached to an aromatic ring is 1. The highest BCUT2D eigenvalue weighted by Gasteiger charge is 2.41.